The van der Waals surface area contributed by atoms with Gasteiger partial charge in [0.1, 0.15) is 15.9 Å². The zero-order chi connectivity index (χ0) is 14.0. The summed E-state index contributed by atoms with van der Waals surface area (Å²) in [7, 11) is -4.47. The molecule has 2 rings (SSSR count). The third-order valence-electron chi connectivity index (χ3n) is 2.30. The van der Waals surface area contributed by atoms with Crippen LogP contribution in [0.4, 0.5) is 0 Å². The molecule has 9 heteroatoms. The fourth-order valence-electron chi connectivity index (χ4n) is 1.37. The van der Waals surface area contributed by atoms with Gasteiger partial charge in [-0.3, -0.25) is 0 Å². The average Bonchev–Trinajstić information content (AvgIpc) is 2.64. The summed E-state index contributed by atoms with van der Waals surface area (Å²) in [5.74, 6) is 0.291. The number of benzene rings is 1. The van der Waals surface area contributed by atoms with Gasteiger partial charge in [-0.15, -0.1) is 11.8 Å². The van der Waals surface area contributed by atoms with Crippen molar-refractivity contribution in [3.05, 3.63) is 46.4 Å². The van der Waals surface area contributed by atoms with E-state index >= 15 is 0 Å². The predicted molar refractivity (Wildman–Crippen MR) is 65.9 cm³/mol. The van der Waals surface area contributed by atoms with Crippen LogP contribution < -0.4 is 35.4 Å². The molecular weight excluding hydrogens is 315 g/mol. The minimum atomic E-state index is -4.47. The summed E-state index contributed by atoms with van der Waals surface area (Å²) in [5, 5.41) is 0. The van der Waals surface area contributed by atoms with Gasteiger partial charge in [-0.1, -0.05) is 6.07 Å². The third-order valence-corrected chi connectivity index (χ3v) is 4.12. The van der Waals surface area contributed by atoms with Crippen molar-refractivity contribution in [2.75, 3.05) is 0 Å². The zero-order valence-electron chi connectivity index (χ0n) is 10.8. The zero-order valence-corrected chi connectivity index (χ0v) is 14.4. The van der Waals surface area contributed by atoms with Gasteiger partial charge in [-0.05, 0) is 25.1 Å². The van der Waals surface area contributed by atoms with E-state index in [1.807, 2.05) is 0 Å². The molecular formula is C11H9NaO6S2. The van der Waals surface area contributed by atoms with Crippen LogP contribution in [0.15, 0.2) is 47.7 Å². The number of hydrogen-bond acceptors (Lipinski definition) is 7. The second kappa shape index (κ2) is 6.97. The van der Waals surface area contributed by atoms with Crippen LogP contribution in [-0.2, 0) is 15.9 Å². The van der Waals surface area contributed by atoms with Gasteiger partial charge in [0.05, 0.1) is 10.6 Å². The molecule has 6 nitrogen and oxygen atoms in total. The first kappa shape index (κ1) is 17.5. The topological polar surface area (TPSA) is 101 Å². The van der Waals surface area contributed by atoms with Crippen LogP contribution >= 0.6 is 11.8 Å². The molecule has 0 spiro atoms. The first-order valence-electron chi connectivity index (χ1n) is 5.14. The fourth-order valence-corrected chi connectivity index (χ4v) is 2.91. The maximum Gasteiger partial charge on any atom is 1.00 e. The molecule has 20 heavy (non-hydrogen) atoms. The second-order valence-electron chi connectivity index (χ2n) is 3.65. The Morgan fingerprint density at radius 3 is 2.55 bits per heavy atom. The summed E-state index contributed by atoms with van der Waals surface area (Å²) in [6.07, 6.45) is 0. The van der Waals surface area contributed by atoms with E-state index < -0.39 is 15.9 Å². The van der Waals surface area contributed by atoms with Crippen LogP contribution in [0.1, 0.15) is 11.5 Å². The molecule has 0 aliphatic heterocycles. The van der Waals surface area contributed by atoms with Crippen LogP contribution in [-0.4, -0.2) is 13.0 Å². The van der Waals surface area contributed by atoms with E-state index in [1.165, 1.54) is 30.0 Å². The molecule has 0 amide bonds. The summed E-state index contributed by atoms with van der Waals surface area (Å²) >= 11 is 1.24. The Kier molecular flexibility index (Phi) is 6.11. The molecule has 0 saturated carbocycles. The van der Waals surface area contributed by atoms with Crippen LogP contribution in [0, 0.1) is 6.92 Å². The van der Waals surface area contributed by atoms with Gasteiger partial charge in [-0.25, -0.2) is 13.2 Å². The number of aryl methyl sites for hydroxylation is 1. The molecule has 1 aromatic heterocycles. The monoisotopic (exact) mass is 324 g/mol. The van der Waals surface area contributed by atoms with Crippen LogP contribution in [0.25, 0.3) is 0 Å². The van der Waals surface area contributed by atoms with E-state index in [0.717, 1.165) is 0 Å². The summed E-state index contributed by atoms with van der Waals surface area (Å²) in [4.78, 5) is 11.1. The molecule has 0 fully saturated rings. The Morgan fingerprint density at radius 1 is 1.30 bits per heavy atom. The molecule has 1 aromatic carbocycles. The normalized spacial score (nSPS) is 11.1. The largest absolute Gasteiger partial charge is 1.00 e. The van der Waals surface area contributed by atoms with Crippen molar-refractivity contribution in [3.63, 3.8) is 0 Å². The van der Waals surface area contributed by atoms with Crippen LogP contribution in [0.3, 0.4) is 0 Å². The molecule has 2 aromatic rings. The smallest absolute Gasteiger partial charge is 0.744 e. The van der Waals surface area contributed by atoms with Crippen molar-refractivity contribution in [1.82, 2.24) is 0 Å². The summed E-state index contributed by atoms with van der Waals surface area (Å²) < 4.78 is 42.1. The summed E-state index contributed by atoms with van der Waals surface area (Å²) in [6, 6.07) is 5.65. The first-order chi connectivity index (χ1) is 8.86. The van der Waals surface area contributed by atoms with E-state index in [4.69, 9.17) is 8.83 Å². The molecule has 0 N–H and O–H groups in total. The molecule has 0 radical (unpaired) electrons. The van der Waals surface area contributed by atoms with Crippen molar-refractivity contribution in [2.24, 2.45) is 0 Å². The SMILES string of the molecule is Cc1oc(=O)oc1CSc1cccc(S(=O)(=O)[O-])c1.[Na+]. The van der Waals surface area contributed by atoms with Crippen LogP contribution in [0.5, 0.6) is 0 Å². The molecule has 102 valence electrons. The van der Waals surface area contributed by atoms with Gasteiger partial charge in [0, 0.05) is 4.90 Å². The van der Waals surface area contributed by atoms with E-state index in [-0.39, 0.29) is 34.5 Å². The van der Waals surface area contributed by atoms with Crippen LogP contribution in [0.2, 0.25) is 0 Å². The van der Waals surface area contributed by atoms with Gasteiger partial charge in [0.15, 0.2) is 5.76 Å². The summed E-state index contributed by atoms with van der Waals surface area (Å²) in [6.45, 7) is 1.60. The van der Waals surface area contributed by atoms with Crippen molar-refractivity contribution in [3.8, 4) is 0 Å². The van der Waals surface area contributed by atoms with Crippen molar-refractivity contribution >= 4 is 21.9 Å². The summed E-state index contributed by atoms with van der Waals surface area (Å²) in [5.41, 5.74) is 0. The van der Waals surface area contributed by atoms with Crippen molar-refractivity contribution in [1.29, 1.82) is 0 Å². The Bertz CT molecular complexity index is 746. The Balaban J connectivity index is 0.00000200. The average molecular weight is 324 g/mol. The molecule has 0 unspecified atom stereocenters. The van der Waals surface area contributed by atoms with E-state index in [0.29, 0.717) is 22.2 Å². The number of thioether (sulfide) groups is 1. The number of rotatable bonds is 4. The van der Waals surface area contributed by atoms with Gasteiger partial charge in [0.25, 0.3) is 0 Å². The van der Waals surface area contributed by atoms with E-state index in [1.54, 1.807) is 13.0 Å². The van der Waals surface area contributed by atoms with Gasteiger partial charge in [-0.2, -0.15) is 0 Å². The fraction of sp³-hybridized carbons (Fsp3) is 0.182. The number of hydrogen-bond donors (Lipinski definition) is 0. The van der Waals surface area contributed by atoms with Gasteiger partial charge >= 0.3 is 35.4 Å². The van der Waals surface area contributed by atoms with E-state index in [9.17, 15) is 17.8 Å². The molecule has 0 atom stereocenters. The first-order valence-corrected chi connectivity index (χ1v) is 7.54. The maximum absolute atomic E-state index is 10.9. The van der Waals surface area contributed by atoms with Crippen molar-refractivity contribution < 1.29 is 51.4 Å². The molecule has 0 saturated heterocycles. The Hall–Kier alpha value is -0.510. The minimum absolute atomic E-state index is 0. The quantitative estimate of drug-likeness (QED) is 0.393. The third kappa shape index (κ3) is 4.51. The molecule has 1 heterocycles. The Morgan fingerprint density at radius 2 is 2.00 bits per heavy atom. The minimum Gasteiger partial charge on any atom is -0.744 e. The van der Waals surface area contributed by atoms with E-state index in [2.05, 4.69) is 0 Å². The van der Waals surface area contributed by atoms with Gasteiger partial charge < -0.3 is 13.4 Å². The molecule has 0 aliphatic carbocycles. The predicted octanol–water partition coefficient (Wildman–Crippen LogP) is -1.26. The van der Waals surface area contributed by atoms with Gasteiger partial charge in [0.2, 0.25) is 0 Å². The second-order valence-corrected chi connectivity index (χ2v) is 6.08. The Labute approximate surface area is 141 Å². The molecule has 0 bridgehead atoms. The molecule has 0 aliphatic rings. The standard InChI is InChI=1S/C11H10O6S2.Na/c1-7-10(17-11(12)16-7)6-18-8-3-2-4-9(5-8)19(13,14)15;/h2-5H,6H2,1H3,(H,13,14,15);/q;+1/p-1. The van der Waals surface area contributed by atoms with Crippen molar-refractivity contribution in [2.45, 2.75) is 22.5 Å². The maximum atomic E-state index is 10.9.